The van der Waals surface area contributed by atoms with Crippen LogP contribution in [0.5, 0.6) is 0 Å². The SMILES string of the molecule is CCP(CC)CC.CCP(CC)CC.CCP(CC)CC.CCP(CC)CC.[Cl-].[Cl-].[Ni+2]. The fraction of sp³-hybridized carbons (Fsp3) is 1.00. The standard InChI is InChI=1S/4C6H15P.2ClH.Ni/c4*1-4-7(5-2)6-3;;;/h4*4-6H2,1-3H3;2*1H;/q;;;;;;+2/p-2. The molecule has 7 heteroatoms. The Morgan fingerprint density at radius 2 is 0.323 bits per heavy atom. The second kappa shape index (κ2) is 46.2. The summed E-state index contributed by atoms with van der Waals surface area (Å²) in [6.45, 7) is 27.5. The number of hydrogen-bond donors (Lipinski definition) is 0. The molecule has 0 bridgehead atoms. The van der Waals surface area contributed by atoms with E-state index in [2.05, 4.69) is 83.1 Å². The third kappa shape index (κ3) is 43.3. The maximum atomic E-state index is 2.29. The zero-order valence-electron chi connectivity index (χ0n) is 23.3. The van der Waals surface area contributed by atoms with E-state index < -0.39 is 0 Å². The third-order valence-electron chi connectivity index (χ3n) is 5.37. The molecule has 0 aromatic heterocycles. The summed E-state index contributed by atoms with van der Waals surface area (Å²) in [6, 6.07) is 0. The molecule has 0 saturated carbocycles. The quantitative estimate of drug-likeness (QED) is 0.233. The van der Waals surface area contributed by atoms with Crippen LogP contribution in [-0.4, -0.2) is 73.9 Å². The summed E-state index contributed by atoms with van der Waals surface area (Å²) in [5.41, 5.74) is 0. The first-order valence-corrected chi connectivity index (χ1v) is 19.9. The molecule has 0 unspecified atom stereocenters. The summed E-state index contributed by atoms with van der Waals surface area (Å²) >= 11 is 0. The van der Waals surface area contributed by atoms with Gasteiger partial charge in [0.2, 0.25) is 0 Å². The first-order valence-electron chi connectivity index (χ1n) is 12.3. The predicted octanol–water partition coefficient (Wildman–Crippen LogP) is 4.12. The summed E-state index contributed by atoms with van der Waals surface area (Å²) < 4.78 is 0. The van der Waals surface area contributed by atoms with Crippen molar-refractivity contribution in [2.24, 2.45) is 0 Å². The van der Waals surface area contributed by atoms with Gasteiger partial charge in [-0.2, -0.15) is 0 Å². The van der Waals surface area contributed by atoms with Gasteiger partial charge in [0.1, 0.15) is 0 Å². The van der Waals surface area contributed by atoms with E-state index in [1.54, 1.807) is 0 Å². The van der Waals surface area contributed by atoms with E-state index in [-0.39, 0.29) is 41.3 Å². The van der Waals surface area contributed by atoms with Crippen LogP contribution >= 0.6 is 31.7 Å². The molecule has 0 saturated heterocycles. The van der Waals surface area contributed by atoms with Gasteiger partial charge in [0, 0.05) is 0 Å². The van der Waals surface area contributed by atoms with Gasteiger partial charge in [-0.1, -0.05) is 83.1 Å². The van der Waals surface area contributed by atoms with Crippen LogP contribution in [0.2, 0.25) is 0 Å². The largest absolute Gasteiger partial charge is 2.00 e. The van der Waals surface area contributed by atoms with E-state index in [0.717, 1.165) is 0 Å². The van der Waals surface area contributed by atoms with Gasteiger partial charge in [0.05, 0.1) is 0 Å². The molecule has 0 aliphatic heterocycles. The molecule has 0 atom stereocenters. The van der Waals surface area contributed by atoms with Crippen molar-refractivity contribution in [3.8, 4) is 0 Å². The zero-order chi connectivity index (χ0) is 22.8. The molecule has 0 N–H and O–H groups in total. The van der Waals surface area contributed by atoms with Crippen LogP contribution in [0.3, 0.4) is 0 Å². The second-order valence-corrected chi connectivity index (χ2v) is 19.4. The van der Waals surface area contributed by atoms with Crippen molar-refractivity contribution in [1.29, 1.82) is 0 Å². The van der Waals surface area contributed by atoms with Crippen LogP contribution in [0, 0.1) is 0 Å². The van der Waals surface area contributed by atoms with Gasteiger partial charge in [-0.15, -0.1) is 31.7 Å². The van der Waals surface area contributed by atoms with Crippen molar-refractivity contribution in [2.75, 3.05) is 73.9 Å². The zero-order valence-corrected chi connectivity index (χ0v) is 29.4. The van der Waals surface area contributed by atoms with E-state index in [9.17, 15) is 0 Å². The normalized spacial score (nSPS) is 9.29. The van der Waals surface area contributed by atoms with Crippen molar-refractivity contribution in [1.82, 2.24) is 0 Å². The summed E-state index contributed by atoms with van der Waals surface area (Å²) in [7, 11) is 1.78. The minimum absolute atomic E-state index is 0. The number of halogens is 2. The summed E-state index contributed by atoms with van der Waals surface area (Å²) in [6.07, 6.45) is 17.0. The van der Waals surface area contributed by atoms with Gasteiger partial charge in [0.15, 0.2) is 0 Å². The van der Waals surface area contributed by atoms with Crippen molar-refractivity contribution < 1.29 is 41.3 Å². The van der Waals surface area contributed by atoms with Gasteiger partial charge in [-0.25, -0.2) is 0 Å². The molecule has 0 radical (unpaired) electrons. The Labute approximate surface area is 229 Å². The molecule has 0 aromatic rings. The first kappa shape index (κ1) is 50.6. The topological polar surface area (TPSA) is 0 Å². The van der Waals surface area contributed by atoms with E-state index in [4.69, 9.17) is 0 Å². The molecule has 0 nitrogen and oxygen atoms in total. The van der Waals surface area contributed by atoms with Gasteiger partial charge in [-0.3, -0.25) is 0 Å². The number of rotatable bonds is 12. The van der Waals surface area contributed by atoms with Crippen LogP contribution in [0.4, 0.5) is 0 Å². The van der Waals surface area contributed by atoms with E-state index in [1.807, 2.05) is 0 Å². The number of hydrogen-bond acceptors (Lipinski definition) is 0. The van der Waals surface area contributed by atoms with Crippen LogP contribution in [0.15, 0.2) is 0 Å². The van der Waals surface area contributed by atoms with Crippen molar-refractivity contribution in [2.45, 2.75) is 83.1 Å². The molecule has 31 heavy (non-hydrogen) atoms. The van der Waals surface area contributed by atoms with E-state index in [0.29, 0.717) is 31.7 Å². The van der Waals surface area contributed by atoms with Gasteiger partial charge >= 0.3 is 16.5 Å². The Bertz CT molecular complexity index is 168. The Hall–Kier alpha value is 2.79. The van der Waals surface area contributed by atoms with Crippen molar-refractivity contribution in [3.63, 3.8) is 0 Å². The third-order valence-corrected chi connectivity index (χ3v) is 16.1. The monoisotopic (exact) mass is 600 g/mol. The Morgan fingerprint density at radius 1 is 0.258 bits per heavy atom. The maximum Gasteiger partial charge on any atom is 2.00 e. The van der Waals surface area contributed by atoms with Crippen LogP contribution in [-0.2, 0) is 16.5 Å². The predicted molar refractivity (Wildman–Crippen MR) is 154 cm³/mol. The smallest absolute Gasteiger partial charge is 1.00 e. The Morgan fingerprint density at radius 3 is 0.323 bits per heavy atom. The second-order valence-electron chi connectivity index (χ2n) is 6.48. The van der Waals surface area contributed by atoms with Crippen LogP contribution in [0.1, 0.15) is 83.1 Å². The minimum Gasteiger partial charge on any atom is -1.00 e. The average Bonchev–Trinajstić information content (AvgIpc) is 2.75. The van der Waals surface area contributed by atoms with E-state index in [1.165, 1.54) is 73.9 Å². The molecule has 0 aromatic carbocycles. The Balaban J connectivity index is -0.0000000480. The fourth-order valence-electron chi connectivity index (χ4n) is 2.68. The molecule has 0 heterocycles. The molecular formula is C24H60Cl2NiP4. The average molecular weight is 602 g/mol. The molecule has 0 aliphatic carbocycles. The van der Waals surface area contributed by atoms with Gasteiger partial charge < -0.3 is 24.8 Å². The Kier molecular flexibility index (Phi) is 75.4. The molecule has 0 fully saturated rings. The van der Waals surface area contributed by atoms with Gasteiger partial charge in [0.25, 0.3) is 0 Å². The molecule has 200 valence electrons. The summed E-state index contributed by atoms with van der Waals surface area (Å²) in [4.78, 5) is 0. The van der Waals surface area contributed by atoms with Crippen LogP contribution in [0.25, 0.3) is 0 Å². The van der Waals surface area contributed by atoms with Crippen molar-refractivity contribution in [3.05, 3.63) is 0 Å². The van der Waals surface area contributed by atoms with Crippen molar-refractivity contribution >= 4 is 31.7 Å². The maximum absolute atomic E-state index is 2.29. The summed E-state index contributed by atoms with van der Waals surface area (Å²) in [5.74, 6) is 0. The molecule has 0 rings (SSSR count). The van der Waals surface area contributed by atoms with Gasteiger partial charge in [-0.05, 0) is 73.9 Å². The molecule has 0 aliphatic rings. The molecular weight excluding hydrogens is 542 g/mol. The van der Waals surface area contributed by atoms with E-state index >= 15 is 0 Å². The molecule has 0 spiro atoms. The summed E-state index contributed by atoms with van der Waals surface area (Å²) in [5, 5.41) is 0. The molecule has 0 amide bonds. The van der Waals surface area contributed by atoms with Crippen LogP contribution < -0.4 is 24.8 Å². The first-order chi connectivity index (χ1) is 13.4. The minimum atomic E-state index is 0. The fourth-order valence-corrected chi connectivity index (χ4v) is 8.05.